The van der Waals surface area contributed by atoms with Gasteiger partial charge in [0.15, 0.2) is 0 Å². The standard InChI is InChI=1S/C20H33N3O2/c1-4-8-18(21-16(2)3)20(24)22-19(17-9-6-5-7-10-17)15-23-11-13-25-14-12-23/h5-7,9-10,16,18-19,21H,4,8,11-15H2,1-3H3,(H,22,24)/t18-,19+/m1/s1. The topological polar surface area (TPSA) is 53.6 Å². The van der Waals surface area contributed by atoms with E-state index in [1.54, 1.807) is 0 Å². The van der Waals surface area contributed by atoms with Gasteiger partial charge in [-0.25, -0.2) is 0 Å². The smallest absolute Gasteiger partial charge is 0.237 e. The molecular weight excluding hydrogens is 314 g/mol. The second kappa shape index (κ2) is 10.5. The van der Waals surface area contributed by atoms with E-state index in [1.807, 2.05) is 18.2 Å². The summed E-state index contributed by atoms with van der Waals surface area (Å²) in [5.41, 5.74) is 1.15. The van der Waals surface area contributed by atoms with Gasteiger partial charge in [-0.3, -0.25) is 9.69 Å². The van der Waals surface area contributed by atoms with Crippen LogP contribution in [0.1, 0.15) is 45.2 Å². The third-order valence-corrected chi connectivity index (χ3v) is 4.49. The Labute approximate surface area is 152 Å². The predicted octanol–water partition coefficient (Wildman–Crippen LogP) is 2.34. The number of nitrogens with zero attached hydrogens (tertiary/aromatic N) is 1. The van der Waals surface area contributed by atoms with Crippen LogP contribution in [0.3, 0.4) is 0 Å². The molecule has 25 heavy (non-hydrogen) atoms. The number of benzene rings is 1. The van der Waals surface area contributed by atoms with Crippen molar-refractivity contribution in [2.45, 2.75) is 51.7 Å². The van der Waals surface area contributed by atoms with Crippen LogP contribution < -0.4 is 10.6 Å². The molecule has 1 aromatic rings. The molecule has 0 spiro atoms. The van der Waals surface area contributed by atoms with Gasteiger partial charge < -0.3 is 15.4 Å². The van der Waals surface area contributed by atoms with Crippen LogP contribution in [0.4, 0.5) is 0 Å². The molecule has 1 aliphatic heterocycles. The van der Waals surface area contributed by atoms with E-state index in [2.05, 4.69) is 48.4 Å². The molecule has 0 aliphatic carbocycles. The lowest BCUT2D eigenvalue weighted by molar-refractivity contribution is -0.124. The lowest BCUT2D eigenvalue weighted by Crippen LogP contribution is -2.50. The first-order valence-corrected chi connectivity index (χ1v) is 9.51. The molecule has 1 amide bonds. The number of carbonyl (C=O) groups excluding carboxylic acids is 1. The molecule has 1 saturated heterocycles. The summed E-state index contributed by atoms with van der Waals surface area (Å²) in [7, 11) is 0. The molecule has 0 aromatic heterocycles. The van der Waals surface area contributed by atoms with Crippen molar-refractivity contribution in [3.8, 4) is 0 Å². The number of carbonyl (C=O) groups is 1. The molecular formula is C20H33N3O2. The van der Waals surface area contributed by atoms with Crippen LogP contribution in [-0.4, -0.2) is 55.7 Å². The summed E-state index contributed by atoms with van der Waals surface area (Å²) in [6.45, 7) is 10.5. The molecule has 2 atom stereocenters. The highest BCUT2D eigenvalue weighted by atomic mass is 16.5. The highest BCUT2D eigenvalue weighted by Gasteiger charge is 2.24. The van der Waals surface area contributed by atoms with E-state index in [-0.39, 0.29) is 24.0 Å². The molecule has 1 fully saturated rings. The molecule has 1 aromatic carbocycles. The largest absolute Gasteiger partial charge is 0.379 e. The number of morpholine rings is 1. The zero-order valence-electron chi connectivity index (χ0n) is 15.8. The van der Waals surface area contributed by atoms with E-state index in [9.17, 15) is 4.79 Å². The molecule has 1 aliphatic rings. The predicted molar refractivity (Wildman–Crippen MR) is 102 cm³/mol. The van der Waals surface area contributed by atoms with Crippen LogP contribution in [0.15, 0.2) is 30.3 Å². The molecule has 0 bridgehead atoms. The molecule has 140 valence electrons. The zero-order chi connectivity index (χ0) is 18.1. The quantitative estimate of drug-likeness (QED) is 0.720. The van der Waals surface area contributed by atoms with E-state index in [4.69, 9.17) is 4.74 Å². The Morgan fingerprint density at radius 3 is 2.48 bits per heavy atom. The number of ether oxygens (including phenoxy) is 1. The Bertz CT molecular complexity index is 501. The van der Waals surface area contributed by atoms with Crippen LogP contribution in [0.25, 0.3) is 0 Å². The van der Waals surface area contributed by atoms with Gasteiger partial charge in [0.25, 0.3) is 0 Å². The average Bonchev–Trinajstić information content (AvgIpc) is 2.62. The van der Waals surface area contributed by atoms with E-state index < -0.39 is 0 Å². The van der Waals surface area contributed by atoms with Gasteiger partial charge >= 0.3 is 0 Å². The van der Waals surface area contributed by atoms with Gasteiger partial charge in [0.2, 0.25) is 5.91 Å². The average molecular weight is 348 g/mol. The first kappa shape index (κ1) is 19.9. The molecule has 5 nitrogen and oxygen atoms in total. The minimum absolute atomic E-state index is 0.000110. The number of amides is 1. The minimum Gasteiger partial charge on any atom is -0.379 e. The third kappa shape index (κ3) is 6.77. The lowest BCUT2D eigenvalue weighted by atomic mass is 10.0. The van der Waals surface area contributed by atoms with Crippen LogP contribution >= 0.6 is 0 Å². The van der Waals surface area contributed by atoms with Crippen molar-refractivity contribution < 1.29 is 9.53 Å². The zero-order valence-corrected chi connectivity index (χ0v) is 15.8. The summed E-state index contributed by atoms with van der Waals surface area (Å²) in [5.74, 6) is 0.0951. The molecule has 0 radical (unpaired) electrons. The SMILES string of the molecule is CCC[C@@H](NC(C)C)C(=O)N[C@@H](CN1CCOCC1)c1ccccc1. The van der Waals surface area contributed by atoms with Crippen molar-refractivity contribution in [2.24, 2.45) is 0 Å². The van der Waals surface area contributed by atoms with E-state index in [1.165, 1.54) is 0 Å². The van der Waals surface area contributed by atoms with Crippen molar-refractivity contribution in [3.63, 3.8) is 0 Å². The van der Waals surface area contributed by atoms with Crippen molar-refractivity contribution in [3.05, 3.63) is 35.9 Å². The highest BCUT2D eigenvalue weighted by Crippen LogP contribution is 2.16. The monoisotopic (exact) mass is 347 g/mol. The summed E-state index contributed by atoms with van der Waals surface area (Å²) in [4.78, 5) is 15.2. The first-order valence-electron chi connectivity index (χ1n) is 9.51. The molecule has 5 heteroatoms. The van der Waals surface area contributed by atoms with E-state index in [0.29, 0.717) is 0 Å². The molecule has 1 heterocycles. The fourth-order valence-electron chi connectivity index (χ4n) is 3.22. The first-order chi connectivity index (χ1) is 12.1. The fraction of sp³-hybridized carbons (Fsp3) is 0.650. The minimum atomic E-state index is -0.138. The maximum atomic E-state index is 12.9. The molecule has 0 saturated carbocycles. The number of rotatable bonds is 9. The summed E-state index contributed by atoms with van der Waals surface area (Å²) < 4.78 is 5.44. The Morgan fingerprint density at radius 1 is 1.20 bits per heavy atom. The third-order valence-electron chi connectivity index (χ3n) is 4.49. The van der Waals surface area contributed by atoms with Gasteiger partial charge in [-0.15, -0.1) is 0 Å². The van der Waals surface area contributed by atoms with Crippen LogP contribution in [-0.2, 0) is 9.53 Å². The van der Waals surface area contributed by atoms with Gasteiger partial charge in [-0.1, -0.05) is 57.5 Å². The van der Waals surface area contributed by atoms with Crippen molar-refractivity contribution in [1.82, 2.24) is 15.5 Å². The maximum absolute atomic E-state index is 12.9. The second-order valence-electron chi connectivity index (χ2n) is 7.05. The summed E-state index contributed by atoms with van der Waals surface area (Å²) >= 11 is 0. The molecule has 2 rings (SSSR count). The fourth-order valence-corrected chi connectivity index (χ4v) is 3.22. The van der Waals surface area contributed by atoms with E-state index >= 15 is 0 Å². The van der Waals surface area contributed by atoms with Gasteiger partial charge in [0.05, 0.1) is 25.3 Å². The van der Waals surface area contributed by atoms with Crippen LogP contribution in [0.5, 0.6) is 0 Å². The van der Waals surface area contributed by atoms with Crippen molar-refractivity contribution >= 4 is 5.91 Å². The van der Waals surface area contributed by atoms with Gasteiger partial charge in [-0.2, -0.15) is 0 Å². The van der Waals surface area contributed by atoms with Crippen LogP contribution in [0, 0.1) is 0 Å². The Kier molecular flexibility index (Phi) is 8.38. The summed E-state index contributed by atoms with van der Waals surface area (Å²) in [5, 5.41) is 6.68. The van der Waals surface area contributed by atoms with Crippen molar-refractivity contribution in [2.75, 3.05) is 32.8 Å². The Hall–Kier alpha value is -1.43. The van der Waals surface area contributed by atoms with Crippen molar-refractivity contribution in [1.29, 1.82) is 0 Å². The van der Waals surface area contributed by atoms with E-state index in [0.717, 1.165) is 51.3 Å². The Balaban J connectivity index is 2.06. The number of nitrogens with one attached hydrogen (secondary N) is 2. The number of hydrogen-bond donors (Lipinski definition) is 2. The summed E-state index contributed by atoms with van der Waals surface area (Å²) in [6.07, 6.45) is 1.83. The normalized spacial score (nSPS) is 18.1. The Morgan fingerprint density at radius 2 is 1.88 bits per heavy atom. The maximum Gasteiger partial charge on any atom is 0.237 e. The molecule has 0 unspecified atom stereocenters. The van der Waals surface area contributed by atoms with Gasteiger partial charge in [-0.05, 0) is 12.0 Å². The molecule has 2 N–H and O–H groups in total. The highest BCUT2D eigenvalue weighted by molar-refractivity contribution is 5.82. The van der Waals surface area contributed by atoms with Gasteiger partial charge in [0.1, 0.15) is 0 Å². The second-order valence-corrected chi connectivity index (χ2v) is 7.05. The number of hydrogen-bond acceptors (Lipinski definition) is 4. The lowest BCUT2D eigenvalue weighted by Gasteiger charge is -2.32. The van der Waals surface area contributed by atoms with Gasteiger partial charge in [0, 0.05) is 25.7 Å². The summed E-state index contributed by atoms with van der Waals surface area (Å²) in [6, 6.07) is 10.4. The van der Waals surface area contributed by atoms with Crippen LogP contribution in [0.2, 0.25) is 0 Å².